The molecule has 142 valence electrons. The average Bonchev–Trinajstić information content (AvgIpc) is 3.28. The van der Waals surface area contributed by atoms with Gasteiger partial charge in [0.2, 0.25) is 5.91 Å². The molecule has 2 aromatic heterocycles. The van der Waals surface area contributed by atoms with Crippen LogP contribution < -0.4 is 0 Å². The normalized spacial score (nSPS) is 28.7. The summed E-state index contributed by atoms with van der Waals surface area (Å²) in [6.07, 6.45) is 8.30. The second kappa shape index (κ2) is 7.36. The first kappa shape index (κ1) is 17.4. The Balaban J connectivity index is 1.35. The molecule has 2 aromatic rings. The van der Waals surface area contributed by atoms with Crippen molar-refractivity contribution in [2.24, 2.45) is 11.8 Å². The van der Waals surface area contributed by atoms with Gasteiger partial charge in [0.25, 0.3) is 0 Å². The molecule has 1 saturated carbocycles. The van der Waals surface area contributed by atoms with Gasteiger partial charge in [0.15, 0.2) is 0 Å². The number of pyridine rings is 1. The highest BCUT2D eigenvalue weighted by Gasteiger charge is 2.48. The highest BCUT2D eigenvalue weighted by molar-refractivity contribution is 7.08. The standard InChI is InChI=1S/C22H27N3OS/c26-22(17-2-1-3-17)25-14-19(18-7-11-27-15-18)20-13-24(10-6-21(20)25)12-16-4-8-23-9-5-16/h4-5,7-9,11,15,17,19-21H,1-3,6,10,12-14H2/t19-,20-,21-/m0/s1. The third-order valence-electron chi connectivity index (χ3n) is 6.88. The van der Waals surface area contributed by atoms with E-state index in [9.17, 15) is 4.79 Å². The van der Waals surface area contributed by atoms with Crippen LogP contribution in [0.5, 0.6) is 0 Å². The van der Waals surface area contributed by atoms with Crippen LogP contribution in [0, 0.1) is 11.8 Å². The lowest BCUT2D eigenvalue weighted by Crippen LogP contribution is -2.49. The van der Waals surface area contributed by atoms with Crippen LogP contribution in [0.4, 0.5) is 0 Å². The van der Waals surface area contributed by atoms with E-state index in [2.05, 4.69) is 43.7 Å². The van der Waals surface area contributed by atoms with E-state index in [4.69, 9.17) is 0 Å². The largest absolute Gasteiger partial charge is 0.338 e. The molecule has 27 heavy (non-hydrogen) atoms. The highest BCUT2D eigenvalue weighted by Crippen LogP contribution is 2.44. The minimum atomic E-state index is 0.307. The van der Waals surface area contributed by atoms with Crippen LogP contribution in [0.25, 0.3) is 0 Å². The Kier molecular flexibility index (Phi) is 4.74. The maximum Gasteiger partial charge on any atom is 0.225 e. The third kappa shape index (κ3) is 3.32. The van der Waals surface area contributed by atoms with Crippen molar-refractivity contribution in [3.8, 4) is 0 Å². The monoisotopic (exact) mass is 381 g/mol. The van der Waals surface area contributed by atoms with E-state index in [0.29, 0.717) is 29.7 Å². The lowest BCUT2D eigenvalue weighted by Gasteiger charge is -2.40. The molecule has 5 heteroatoms. The van der Waals surface area contributed by atoms with Crippen LogP contribution in [-0.4, -0.2) is 46.4 Å². The molecule has 0 unspecified atom stereocenters. The van der Waals surface area contributed by atoms with Crippen molar-refractivity contribution in [1.29, 1.82) is 0 Å². The van der Waals surface area contributed by atoms with Gasteiger partial charge >= 0.3 is 0 Å². The second-order valence-corrected chi connectivity index (χ2v) is 9.17. The van der Waals surface area contributed by atoms with Gasteiger partial charge in [-0.2, -0.15) is 11.3 Å². The fraction of sp³-hybridized carbons (Fsp3) is 0.545. The van der Waals surface area contributed by atoms with Crippen molar-refractivity contribution in [3.05, 3.63) is 52.5 Å². The highest BCUT2D eigenvalue weighted by atomic mass is 32.1. The Morgan fingerprint density at radius 1 is 1.15 bits per heavy atom. The van der Waals surface area contributed by atoms with Gasteiger partial charge in [0.05, 0.1) is 0 Å². The van der Waals surface area contributed by atoms with Crippen molar-refractivity contribution in [1.82, 2.24) is 14.8 Å². The minimum Gasteiger partial charge on any atom is -0.338 e. The Bertz CT molecular complexity index is 774. The average molecular weight is 382 g/mol. The molecule has 2 aliphatic heterocycles. The molecule has 1 amide bonds. The van der Waals surface area contributed by atoms with Crippen molar-refractivity contribution in [3.63, 3.8) is 0 Å². The first-order valence-electron chi connectivity index (χ1n) is 10.2. The summed E-state index contributed by atoms with van der Waals surface area (Å²) in [7, 11) is 0. The smallest absolute Gasteiger partial charge is 0.225 e. The van der Waals surface area contributed by atoms with E-state index in [1.54, 1.807) is 11.3 Å². The summed E-state index contributed by atoms with van der Waals surface area (Å²) in [6, 6.07) is 6.93. The molecule has 5 rings (SSSR count). The molecule has 2 saturated heterocycles. The van der Waals surface area contributed by atoms with Gasteiger partial charge in [-0.1, -0.05) is 6.42 Å². The summed E-state index contributed by atoms with van der Waals surface area (Å²) >= 11 is 1.78. The Hall–Kier alpha value is -1.72. The van der Waals surface area contributed by atoms with Gasteiger partial charge in [-0.05, 0) is 59.3 Å². The summed E-state index contributed by atoms with van der Waals surface area (Å²) in [5, 5.41) is 4.47. The molecule has 4 nitrogen and oxygen atoms in total. The SMILES string of the molecule is O=C(C1CCC1)N1C[C@@H](c2ccsc2)[C@@H]2CN(Cc3ccncc3)CC[C@@H]21. The molecule has 0 bridgehead atoms. The zero-order valence-electron chi connectivity index (χ0n) is 15.7. The predicted molar refractivity (Wildman–Crippen MR) is 108 cm³/mol. The molecular formula is C22H27N3OS. The van der Waals surface area contributed by atoms with E-state index in [1.165, 1.54) is 17.5 Å². The van der Waals surface area contributed by atoms with Gasteiger partial charge in [-0.3, -0.25) is 14.7 Å². The van der Waals surface area contributed by atoms with E-state index in [0.717, 1.165) is 45.4 Å². The van der Waals surface area contributed by atoms with E-state index < -0.39 is 0 Å². The first-order chi connectivity index (χ1) is 13.3. The molecule has 0 aromatic carbocycles. The summed E-state index contributed by atoms with van der Waals surface area (Å²) in [5.74, 6) is 1.79. The third-order valence-corrected chi connectivity index (χ3v) is 7.58. The van der Waals surface area contributed by atoms with Gasteiger partial charge in [-0.15, -0.1) is 0 Å². The van der Waals surface area contributed by atoms with Crippen molar-refractivity contribution >= 4 is 17.2 Å². The van der Waals surface area contributed by atoms with E-state index in [-0.39, 0.29) is 0 Å². The Morgan fingerprint density at radius 3 is 2.70 bits per heavy atom. The number of hydrogen-bond donors (Lipinski definition) is 0. The second-order valence-electron chi connectivity index (χ2n) is 8.39. The van der Waals surface area contributed by atoms with Crippen LogP contribution in [0.3, 0.4) is 0 Å². The summed E-state index contributed by atoms with van der Waals surface area (Å²) in [6.45, 7) is 4.07. The maximum atomic E-state index is 13.1. The molecule has 1 aliphatic carbocycles. The number of carbonyl (C=O) groups excluding carboxylic acids is 1. The van der Waals surface area contributed by atoms with Gasteiger partial charge < -0.3 is 4.90 Å². The quantitative estimate of drug-likeness (QED) is 0.809. The van der Waals surface area contributed by atoms with Crippen LogP contribution >= 0.6 is 11.3 Å². The molecule has 3 atom stereocenters. The topological polar surface area (TPSA) is 36.4 Å². The number of thiophene rings is 1. The molecule has 3 aliphatic rings. The first-order valence-corrected chi connectivity index (χ1v) is 11.2. The van der Waals surface area contributed by atoms with Crippen LogP contribution in [0.15, 0.2) is 41.4 Å². The number of rotatable bonds is 4. The van der Waals surface area contributed by atoms with Crippen LogP contribution in [0.2, 0.25) is 0 Å². The zero-order chi connectivity index (χ0) is 18.2. The van der Waals surface area contributed by atoms with Gasteiger partial charge in [-0.25, -0.2) is 0 Å². The van der Waals surface area contributed by atoms with Gasteiger partial charge in [0.1, 0.15) is 0 Å². The lowest BCUT2D eigenvalue weighted by atomic mass is 9.82. The predicted octanol–water partition coefficient (Wildman–Crippen LogP) is 3.76. The van der Waals surface area contributed by atoms with Crippen LogP contribution in [0.1, 0.15) is 42.7 Å². The summed E-state index contributed by atoms with van der Waals surface area (Å²) < 4.78 is 0. The number of fused-ring (bicyclic) bond motifs is 1. The minimum absolute atomic E-state index is 0.307. The zero-order valence-corrected chi connectivity index (χ0v) is 16.5. The molecule has 4 heterocycles. The Morgan fingerprint density at radius 2 is 2.00 bits per heavy atom. The van der Waals surface area contributed by atoms with Gasteiger partial charge in [0, 0.05) is 62.4 Å². The number of carbonyl (C=O) groups is 1. The fourth-order valence-corrected chi connectivity index (χ4v) is 5.90. The van der Waals surface area contributed by atoms with Crippen molar-refractivity contribution in [2.45, 2.75) is 44.2 Å². The van der Waals surface area contributed by atoms with E-state index in [1.807, 2.05) is 12.4 Å². The van der Waals surface area contributed by atoms with Crippen LogP contribution in [-0.2, 0) is 11.3 Å². The Labute approximate surface area is 165 Å². The molecule has 3 fully saturated rings. The molecule has 0 N–H and O–H groups in total. The molecule has 0 radical (unpaired) electrons. The summed E-state index contributed by atoms with van der Waals surface area (Å²) in [5.41, 5.74) is 2.76. The number of likely N-dealkylation sites (tertiary alicyclic amines) is 2. The van der Waals surface area contributed by atoms with E-state index >= 15 is 0 Å². The number of amides is 1. The lowest BCUT2D eigenvalue weighted by molar-refractivity contribution is -0.140. The van der Waals surface area contributed by atoms with Crippen molar-refractivity contribution < 1.29 is 4.79 Å². The number of aromatic nitrogens is 1. The fourth-order valence-electron chi connectivity index (χ4n) is 5.18. The maximum absolute atomic E-state index is 13.1. The molecule has 0 spiro atoms. The summed E-state index contributed by atoms with van der Waals surface area (Å²) in [4.78, 5) is 22.1. The van der Waals surface area contributed by atoms with Crippen molar-refractivity contribution in [2.75, 3.05) is 19.6 Å². The number of nitrogens with zero attached hydrogens (tertiary/aromatic N) is 3. The molecular weight excluding hydrogens is 354 g/mol. The number of piperidine rings is 1. The number of hydrogen-bond acceptors (Lipinski definition) is 4.